The minimum absolute atomic E-state index is 0.0474. The quantitative estimate of drug-likeness (QED) is 0.153. The van der Waals surface area contributed by atoms with Crippen LogP contribution in [-0.2, 0) is 27.6 Å². The van der Waals surface area contributed by atoms with Gasteiger partial charge in [-0.3, -0.25) is 9.59 Å². The number of hydrogen-bond acceptors (Lipinski definition) is 8. The SMILES string of the molecule is C=C1CSCC(COC(=O)C2CCCCC2C(=O)NCCC[Si](OCC)(OCC)OCC)SC1. The summed E-state index contributed by atoms with van der Waals surface area (Å²) in [6, 6.07) is 0.655. The van der Waals surface area contributed by atoms with Crippen molar-refractivity contribution in [1.82, 2.24) is 5.32 Å². The van der Waals surface area contributed by atoms with Crippen LogP contribution in [0.25, 0.3) is 0 Å². The summed E-state index contributed by atoms with van der Waals surface area (Å²) >= 11 is 3.66. The second kappa shape index (κ2) is 16.3. The third-order valence-electron chi connectivity index (χ3n) is 6.00. The van der Waals surface area contributed by atoms with E-state index in [4.69, 9.17) is 18.0 Å². The molecule has 0 aromatic heterocycles. The second-order valence-corrected chi connectivity index (χ2v) is 13.8. The van der Waals surface area contributed by atoms with Crippen molar-refractivity contribution in [2.75, 3.05) is 50.2 Å². The number of esters is 1. The topological polar surface area (TPSA) is 83.1 Å². The number of carbonyl (C=O) groups excluding carboxylic acids is 2. The summed E-state index contributed by atoms with van der Waals surface area (Å²) in [4.78, 5) is 25.9. The molecule has 34 heavy (non-hydrogen) atoms. The molecule has 7 nitrogen and oxygen atoms in total. The highest BCUT2D eigenvalue weighted by Crippen LogP contribution is 2.32. The van der Waals surface area contributed by atoms with Crippen molar-refractivity contribution in [3.8, 4) is 0 Å². The lowest BCUT2D eigenvalue weighted by molar-refractivity contribution is -0.154. The molecule has 1 aliphatic carbocycles. The summed E-state index contributed by atoms with van der Waals surface area (Å²) in [5, 5.41) is 3.33. The molecule has 2 rings (SSSR count). The molecule has 1 N–H and O–H groups in total. The van der Waals surface area contributed by atoms with Crippen molar-refractivity contribution < 1.29 is 27.6 Å². The molecule has 3 atom stereocenters. The van der Waals surface area contributed by atoms with Crippen molar-refractivity contribution in [2.24, 2.45) is 11.8 Å². The Kier molecular flexibility index (Phi) is 14.2. The van der Waals surface area contributed by atoms with Crippen LogP contribution in [-0.4, -0.2) is 76.2 Å². The molecule has 0 spiro atoms. The maximum absolute atomic E-state index is 13.0. The normalized spacial score (nSPS) is 23.9. The fourth-order valence-electron chi connectivity index (χ4n) is 4.41. The number of nitrogens with one attached hydrogen (secondary N) is 1. The molecule has 10 heteroatoms. The lowest BCUT2D eigenvalue weighted by Gasteiger charge is -2.30. The van der Waals surface area contributed by atoms with Crippen LogP contribution >= 0.6 is 23.5 Å². The van der Waals surface area contributed by atoms with E-state index in [0.717, 1.165) is 42.9 Å². The van der Waals surface area contributed by atoms with Gasteiger partial charge in [-0.2, -0.15) is 11.8 Å². The van der Waals surface area contributed by atoms with Crippen molar-refractivity contribution in [3.05, 3.63) is 12.2 Å². The fourth-order valence-corrected chi connectivity index (χ4v) is 9.43. The first-order valence-corrected chi connectivity index (χ1v) is 16.8. The van der Waals surface area contributed by atoms with Crippen molar-refractivity contribution >= 4 is 44.2 Å². The highest BCUT2D eigenvalue weighted by Gasteiger charge is 2.40. The highest BCUT2D eigenvalue weighted by molar-refractivity contribution is 8.04. The Labute approximate surface area is 215 Å². The molecular formula is C24H43NO6S2Si. The minimum Gasteiger partial charge on any atom is -0.464 e. The molecular weight excluding hydrogens is 490 g/mol. The molecule has 2 aliphatic rings. The molecule has 0 aromatic rings. The van der Waals surface area contributed by atoms with Crippen LogP contribution in [0.15, 0.2) is 12.2 Å². The average Bonchev–Trinajstić information content (AvgIpc) is 3.04. The number of carbonyl (C=O) groups is 2. The van der Waals surface area contributed by atoms with E-state index in [0.29, 0.717) is 45.4 Å². The predicted molar refractivity (Wildman–Crippen MR) is 142 cm³/mol. The van der Waals surface area contributed by atoms with E-state index in [2.05, 4.69) is 11.9 Å². The van der Waals surface area contributed by atoms with E-state index >= 15 is 0 Å². The molecule has 1 heterocycles. The molecule has 196 valence electrons. The molecule has 0 bridgehead atoms. The van der Waals surface area contributed by atoms with E-state index in [1.165, 1.54) is 5.57 Å². The summed E-state index contributed by atoms with van der Waals surface area (Å²) in [7, 11) is -2.71. The van der Waals surface area contributed by atoms with Crippen LogP contribution in [0, 0.1) is 11.8 Å². The monoisotopic (exact) mass is 533 g/mol. The zero-order valence-corrected chi connectivity index (χ0v) is 23.7. The summed E-state index contributed by atoms with van der Waals surface area (Å²) in [5.74, 6) is 1.93. The Balaban J connectivity index is 1.82. The van der Waals surface area contributed by atoms with Gasteiger partial charge in [-0.25, -0.2) is 0 Å². The first-order chi connectivity index (χ1) is 16.4. The van der Waals surface area contributed by atoms with Crippen LogP contribution in [0.1, 0.15) is 52.9 Å². The van der Waals surface area contributed by atoms with Gasteiger partial charge in [-0.1, -0.05) is 25.0 Å². The molecule has 1 amide bonds. The van der Waals surface area contributed by atoms with Crippen LogP contribution in [0.2, 0.25) is 6.04 Å². The van der Waals surface area contributed by atoms with E-state index < -0.39 is 8.80 Å². The number of hydrogen-bond donors (Lipinski definition) is 1. The minimum atomic E-state index is -2.71. The van der Waals surface area contributed by atoms with E-state index in [-0.39, 0.29) is 29.0 Å². The number of amides is 1. The standard InChI is InChI=1S/C24H43NO6S2Si/c1-5-29-34(30-6-2,31-7-3)14-10-13-25-23(26)21-11-8-9-12-22(21)24(27)28-15-20-18-32-16-19(4)17-33-20/h20-22H,4-18H2,1-3H3,(H,25,26). The number of thioether (sulfide) groups is 2. The summed E-state index contributed by atoms with van der Waals surface area (Å²) in [6.45, 7) is 12.4. The summed E-state index contributed by atoms with van der Waals surface area (Å²) < 4.78 is 23.4. The number of ether oxygens (including phenoxy) is 1. The van der Waals surface area contributed by atoms with Gasteiger partial charge in [0.15, 0.2) is 0 Å². The molecule has 0 aromatic carbocycles. The third-order valence-corrected chi connectivity index (χ3v) is 12.0. The van der Waals surface area contributed by atoms with E-state index in [1.54, 1.807) is 0 Å². The summed E-state index contributed by atoms with van der Waals surface area (Å²) in [5.41, 5.74) is 1.23. The fraction of sp³-hybridized carbons (Fsp3) is 0.833. The van der Waals surface area contributed by atoms with Crippen molar-refractivity contribution in [2.45, 2.75) is 64.2 Å². The van der Waals surface area contributed by atoms with Gasteiger partial charge in [-0.05, 0) is 40.0 Å². The van der Waals surface area contributed by atoms with Gasteiger partial charge < -0.3 is 23.3 Å². The van der Waals surface area contributed by atoms with Gasteiger partial charge in [0.05, 0.1) is 11.8 Å². The summed E-state index contributed by atoms with van der Waals surface area (Å²) in [6.07, 6.45) is 4.09. The van der Waals surface area contributed by atoms with E-state index in [9.17, 15) is 9.59 Å². The highest BCUT2D eigenvalue weighted by atomic mass is 32.2. The van der Waals surface area contributed by atoms with Gasteiger partial charge in [0.2, 0.25) is 5.91 Å². The second-order valence-electron chi connectivity index (χ2n) is 8.70. The van der Waals surface area contributed by atoms with Gasteiger partial charge in [-0.15, -0.1) is 11.8 Å². The average molecular weight is 534 g/mol. The maximum Gasteiger partial charge on any atom is 0.500 e. The Morgan fingerprint density at radius 3 is 2.32 bits per heavy atom. The zero-order valence-electron chi connectivity index (χ0n) is 21.1. The predicted octanol–water partition coefficient (Wildman–Crippen LogP) is 4.30. The van der Waals surface area contributed by atoms with Gasteiger partial charge in [0, 0.05) is 54.9 Å². The van der Waals surface area contributed by atoms with Crippen LogP contribution in [0.3, 0.4) is 0 Å². The lowest BCUT2D eigenvalue weighted by Crippen LogP contribution is -2.47. The zero-order chi connectivity index (χ0) is 24.8. The Morgan fingerprint density at radius 1 is 1.03 bits per heavy atom. The smallest absolute Gasteiger partial charge is 0.464 e. The lowest BCUT2D eigenvalue weighted by atomic mass is 9.78. The Morgan fingerprint density at radius 2 is 1.68 bits per heavy atom. The van der Waals surface area contributed by atoms with Crippen molar-refractivity contribution in [1.29, 1.82) is 0 Å². The van der Waals surface area contributed by atoms with Crippen LogP contribution in [0.4, 0.5) is 0 Å². The largest absolute Gasteiger partial charge is 0.500 e. The van der Waals surface area contributed by atoms with Crippen LogP contribution < -0.4 is 5.32 Å². The van der Waals surface area contributed by atoms with Crippen LogP contribution in [0.5, 0.6) is 0 Å². The molecule has 2 fully saturated rings. The van der Waals surface area contributed by atoms with Gasteiger partial charge in [0.1, 0.15) is 6.61 Å². The molecule has 1 saturated carbocycles. The van der Waals surface area contributed by atoms with Gasteiger partial charge >= 0.3 is 14.8 Å². The Hall–Kier alpha value is -0.523. The van der Waals surface area contributed by atoms with Crippen molar-refractivity contribution in [3.63, 3.8) is 0 Å². The van der Waals surface area contributed by atoms with E-state index in [1.807, 2.05) is 44.3 Å². The maximum atomic E-state index is 13.0. The van der Waals surface area contributed by atoms with Gasteiger partial charge in [0.25, 0.3) is 0 Å². The molecule has 3 unspecified atom stereocenters. The number of rotatable bonds is 14. The Bertz CT molecular complexity index is 636. The molecule has 1 saturated heterocycles. The molecule has 0 radical (unpaired) electrons. The first-order valence-electron chi connectivity index (χ1n) is 12.7. The third kappa shape index (κ3) is 9.85. The first kappa shape index (κ1) is 29.7. The molecule has 1 aliphatic heterocycles.